The summed E-state index contributed by atoms with van der Waals surface area (Å²) in [5, 5.41) is 21.3. The number of piperidine rings is 1. The van der Waals surface area contributed by atoms with Crippen LogP contribution < -0.4 is 4.74 Å². The first-order valence-corrected chi connectivity index (χ1v) is 12.5. The quantitative estimate of drug-likeness (QED) is 0.434. The maximum absolute atomic E-state index is 11.3. The summed E-state index contributed by atoms with van der Waals surface area (Å²) in [7, 11) is 1.63. The highest BCUT2D eigenvalue weighted by Gasteiger charge is 2.29. The Labute approximate surface area is 212 Å². The van der Waals surface area contributed by atoms with E-state index in [1.807, 2.05) is 42.5 Å². The van der Waals surface area contributed by atoms with Crippen LogP contribution in [0.1, 0.15) is 49.5 Å². The maximum Gasteiger partial charge on any atom is 0.303 e. The lowest BCUT2D eigenvalue weighted by atomic mass is 9.79. The van der Waals surface area contributed by atoms with E-state index in [0.717, 1.165) is 53.8 Å². The van der Waals surface area contributed by atoms with Crippen LogP contribution in [0.15, 0.2) is 54.9 Å². The monoisotopic (exact) mass is 487 g/mol. The van der Waals surface area contributed by atoms with Gasteiger partial charge in [0, 0.05) is 30.7 Å². The van der Waals surface area contributed by atoms with Crippen molar-refractivity contribution < 1.29 is 19.7 Å². The second-order valence-electron chi connectivity index (χ2n) is 9.37. The van der Waals surface area contributed by atoms with Crippen LogP contribution in [-0.2, 0) is 4.79 Å². The number of likely N-dealkylation sites (tertiary alicyclic amines) is 1. The average Bonchev–Trinajstić information content (AvgIpc) is 2.91. The number of hydrogen-bond acceptors (Lipinski definition) is 6. The molecule has 1 aliphatic heterocycles. The third-order valence-corrected chi connectivity index (χ3v) is 7.04. The fraction of sp³-hybridized carbons (Fsp3) is 0.414. The first kappa shape index (κ1) is 25.6. The van der Waals surface area contributed by atoms with Crippen LogP contribution >= 0.6 is 0 Å². The van der Waals surface area contributed by atoms with E-state index < -0.39 is 12.1 Å². The Balaban J connectivity index is 1.39. The molecule has 0 amide bonds. The number of hydrogen-bond donors (Lipinski definition) is 2. The zero-order chi connectivity index (χ0) is 25.3. The molecule has 7 heteroatoms. The molecule has 0 radical (unpaired) electrons. The maximum atomic E-state index is 11.3. The zero-order valence-electron chi connectivity index (χ0n) is 20.6. The number of carboxylic acid groups (broad SMARTS) is 1. The number of aliphatic carboxylic acids is 1. The highest BCUT2D eigenvalue weighted by atomic mass is 16.5. The van der Waals surface area contributed by atoms with Crippen molar-refractivity contribution >= 4 is 16.9 Å². The molecule has 1 fully saturated rings. The smallest absolute Gasteiger partial charge is 0.303 e. The number of nitrogens with zero attached hydrogens (tertiary/aromatic N) is 3. The molecule has 0 unspecified atom stereocenters. The number of methoxy groups -OCH3 is 1. The molecule has 7 nitrogen and oxygen atoms in total. The lowest BCUT2D eigenvalue weighted by Crippen LogP contribution is -2.41. The molecule has 4 rings (SSSR count). The minimum absolute atomic E-state index is 0.159. The lowest BCUT2D eigenvalue weighted by Gasteiger charge is -2.38. The van der Waals surface area contributed by atoms with Crippen molar-refractivity contribution in [3.8, 4) is 17.6 Å². The summed E-state index contributed by atoms with van der Waals surface area (Å²) in [4.78, 5) is 22.2. The summed E-state index contributed by atoms with van der Waals surface area (Å²) in [5.41, 5.74) is 2.43. The molecule has 3 heterocycles. The van der Waals surface area contributed by atoms with Crippen LogP contribution in [0.25, 0.3) is 10.9 Å². The summed E-state index contributed by atoms with van der Waals surface area (Å²) in [6.45, 7) is 2.37. The molecule has 1 saturated heterocycles. The average molecular weight is 488 g/mol. The Morgan fingerprint density at radius 1 is 1.17 bits per heavy atom. The van der Waals surface area contributed by atoms with E-state index in [1.165, 1.54) is 0 Å². The predicted octanol–water partition coefficient (Wildman–Crippen LogP) is 4.31. The number of aromatic nitrogens is 2. The largest absolute Gasteiger partial charge is 0.497 e. The van der Waals surface area contributed by atoms with Gasteiger partial charge in [0.2, 0.25) is 0 Å². The highest BCUT2D eigenvalue weighted by Crippen LogP contribution is 2.35. The van der Waals surface area contributed by atoms with Gasteiger partial charge >= 0.3 is 5.97 Å². The Hall–Kier alpha value is -3.47. The Bertz CT molecular complexity index is 1220. The second-order valence-corrected chi connectivity index (χ2v) is 9.37. The molecule has 1 aromatic carbocycles. The van der Waals surface area contributed by atoms with Crippen LogP contribution in [0.2, 0.25) is 0 Å². The molecule has 0 saturated carbocycles. The summed E-state index contributed by atoms with van der Waals surface area (Å²) in [5.74, 6) is 6.90. The van der Waals surface area contributed by atoms with Gasteiger partial charge in [-0.05, 0) is 91.9 Å². The zero-order valence-corrected chi connectivity index (χ0v) is 20.6. The molecule has 3 atom stereocenters. The number of carboxylic acids is 1. The molecule has 3 aromatic rings. The van der Waals surface area contributed by atoms with Crippen LogP contribution in [0.3, 0.4) is 0 Å². The van der Waals surface area contributed by atoms with Gasteiger partial charge in [0.1, 0.15) is 11.4 Å². The van der Waals surface area contributed by atoms with Crippen LogP contribution in [0.5, 0.6) is 5.75 Å². The molecule has 2 N–H and O–H groups in total. The Kier molecular flexibility index (Phi) is 8.88. The van der Waals surface area contributed by atoms with Gasteiger partial charge in [-0.25, -0.2) is 4.98 Å². The van der Waals surface area contributed by atoms with Crippen molar-refractivity contribution in [3.05, 3.63) is 66.1 Å². The van der Waals surface area contributed by atoms with Crippen LogP contribution in [0, 0.1) is 23.7 Å². The van der Waals surface area contributed by atoms with Gasteiger partial charge in [0.25, 0.3) is 0 Å². The number of rotatable bonds is 9. The fourth-order valence-corrected chi connectivity index (χ4v) is 5.09. The van der Waals surface area contributed by atoms with Crippen molar-refractivity contribution in [3.63, 3.8) is 0 Å². The van der Waals surface area contributed by atoms with E-state index in [2.05, 4.69) is 26.7 Å². The van der Waals surface area contributed by atoms with Crippen molar-refractivity contribution in [2.75, 3.05) is 26.7 Å². The molecular formula is C29H33N3O4. The topological polar surface area (TPSA) is 95.8 Å². The van der Waals surface area contributed by atoms with Gasteiger partial charge in [0.05, 0.1) is 25.3 Å². The third-order valence-electron chi connectivity index (χ3n) is 7.04. The Morgan fingerprint density at radius 3 is 2.83 bits per heavy atom. The molecule has 0 bridgehead atoms. The number of carbonyl (C=O) groups is 1. The van der Waals surface area contributed by atoms with Gasteiger partial charge in [-0.2, -0.15) is 0 Å². The molecule has 0 spiro atoms. The van der Waals surface area contributed by atoms with Crippen LogP contribution in [0.4, 0.5) is 0 Å². The summed E-state index contributed by atoms with van der Waals surface area (Å²) < 4.78 is 5.36. The lowest BCUT2D eigenvalue weighted by molar-refractivity contribution is -0.137. The van der Waals surface area contributed by atoms with Gasteiger partial charge in [-0.15, -0.1) is 0 Å². The molecular weight excluding hydrogens is 454 g/mol. The minimum Gasteiger partial charge on any atom is -0.497 e. The first-order chi connectivity index (χ1) is 17.5. The van der Waals surface area contributed by atoms with Gasteiger partial charge in [-0.3, -0.25) is 14.7 Å². The van der Waals surface area contributed by atoms with E-state index in [9.17, 15) is 15.0 Å². The highest BCUT2D eigenvalue weighted by molar-refractivity contribution is 5.83. The van der Waals surface area contributed by atoms with E-state index in [0.29, 0.717) is 25.3 Å². The molecule has 2 aromatic heterocycles. The van der Waals surface area contributed by atoms with E-state index in [1.54, 1.807) is 19.5 Å². The van der Waals surface area contributed by atoms with Gasteiger partial charge in [0.15, 0.2) is 0 Å². The van der Waals surface area contributed by atoms with Crippen molar-refractivity contribution in [2.24, 2.45) is 11.8 Å². The summed E-state index contributed by atoms with van der Waals surface area (Å²) in [6, 6.07) is 13.2. The van der Waals surface area contributed by atoms with E-state index in [4.69, 9.17) is 4.74 Å². The van der Waals surface area contributed by atoms with Crippen molar-refractivity contribution in [2.45, 2.75) is 38.2 Å². The van der Waals surface area contributed by atoms with E-state index >= 15 is 0 Å². The first-order valence-electron chi connectivity index (χ1n) is 12.5. The molecule has 1 aliphatic rings. The molecule has 188 valence electrons. The number of pyridine rings is 2. The van der Waals surface area contributed by atoms with Gasteiger partial charge in [-0.1, -0.05) is 12.0 Å². The standard InChI is InChI=1S/C29H33N3O4/c1-36-24-9-10-27-26(19-24)25(13-16-31-27)28(33)11-7-21-14-18-32(20-22(21)8-12-29(34)35)17-4-6-23-5-2-3-15-30-23/h2-3,5,9-10,13,15-16,19,21-22,28,33H,7-8,11-12,14,17-18,20H2,1H3,(H,34,35)/t21-,22-,28-/m1/s1. The third kappa shape index (κ3) is 6.81. The number of ether oxygens (including phenoxy) is 1. The van der Waals surface area contributed by atoms with Gasteiger partial charge < -0.3 is 14.9 Å². The predicted molar refractivity (Wildman–Crippen MR) is 139 cm³/mol. The number of benzene rings is 1. The fourth-order valence-electron chi connectivity index (χ4n) is 5.09. The minimum atomic E-state index is -0.766. The van der Waals surface area contributed by atoms with Crippen molar-refractivity contribution in [1.29, 1.82) is 0 Å². The van der Waals surface area contributed by atoms with Crippen molar-refractivity contribution in [1.82, 2.24) is 14.9 Å². The van der Waals surface area contributed by atoms with E-state index in [-0.39, 0.29) is 12.3 Å². The summed E-state index contributed by atoms with van der Waals surface area (Å²) >= 11 is 0. The Morgan fingerprint density at radius 2 is 2.06 bits per heavy atom. The molecule has 36 heavy (non-hydrogen) atoms. The second kappa shape index (κ2) is 12.5. The molecule has 0 aliphatic carbocycles. The summed E-state index contributed by atoms with van der Waals surface area (Å²) in [6.07, 6.45) is 6.06. The SMILES string of the molecule is COc1ccc2nccc([C@H](O)CC[C@@H]3CCN(CC#Cc4ccccn4)C[C@H]3CCC(=O)O)c2c1. The number of aliphatic hydroxyl groups is 1. The number of aliphatic hydroxyl groups excluding tert-OH is 1. The van der Waals surface area contributed by atoms with Crippen LogP contribution in [-0.4, -0.2) is 57.8 Å². The number of fused-ring (bicyclic) bond motifs is 1. The normalized spacial score (nSPS) is 18.8.